The van der Waals surface area contributed by atoms with E-state index in [0.717, 1.165) is 32.9 Å². The maximum Gasteiger partial charge on any atom is 0.335 e. The first kappa shape index (κ1) is 15.0. The Labute approximate surface area is 141 Å². The lowest BCUT2D eigenvalue weighted by Gasteiger charge is -2.01. The molecule has 4 N–H and O–H groups in total. The standard InChI is InChI=1S/C19H14N2O4/c22-18(23)10-1-3-16-14(6-10)12(8-20-16)5-13-9-21-17-4-2-11(19(24)25)7-15(13)17/h1-4,6-9,20-21H,5H2,(H,22,23)(H,24,25). The van der Waals surface area contributed by atoms with Gasteiger partial charge in [-0.05, 0) is 47.5 Å². The van der Waals surface area contributed by atoms with Gasteiger partial charge >= 0.3 is 11.9 Å². The van der Waals surface area contributed by atoms with Gasteiger partial charge in [0.1, 0.15) is 0 Å². The van der Waals surface area contributed by atoms with Crippen LogP contribution in [0.15, 0.2) is 48.8 Å². The quantitative estimate of drug-likeness (QED) is 0.457. The summed E-state index contributed by atoms with van der Waals surface area (Å²) in [5.74, 6) is -1.93. The van der Waals surface area contributed by atoms with Crippen molar-refractivity contribution in [3.8, 4) is 0 Å². The van der Waals surface area contributed by atoms with E-state index in [4.69, 9.17) is 0 Å². The van der Waals surface area contributed by atoms with E-state index < -0.39 is 11.9 Å². The number of nitrogens with one attached hydrogen (secondary N) is 2. The van der Waals surface area contributed by atoms with Crippen LogP contribution in [0, 0.1) is 0 Å². The van der Waals surface area contributed by atoms with E-state index in [1.165, 1.54) is 0 Å². The lowest BCUT2D eigenvalue weighted by molar-refractivity contribution is 0.0686. The molecule has 4 aromatic rings. The molecular weight excluding hydrogens is 320 g/mol. The fourth-order valence-electron chi connectivity index (χ4n) is 3.12. The number of rotatable bonds is 4. The first-order chi connectivity index (χ1) is 12.0. The van der Waals surface area contributed by atoms with Gasteiger partial charge < -0.3 is 20.2 Å². The van der Waals surface area contributed by atoms with Crippen molar-refractivity contribution in [3.05, 3.63) is 71.0 Å². The fraction of sp³-hybridized carbons (Fsp3) is 0.0526. The van der Waals surface area contributed by atoms with Crippen LogP contribution >= 0.6 is 0 Å². The van der Waals surface area contributed by atoms with E-state index in [2.05, 4.69) is 9.97 Å². The number of aromatic carboxylic acids is 2. The van der Waals surface area contributed by atoms with Gasteiger partial charge in [0, 0.05) is 40.6 Å². The van der Waals surface area contributed by atoms with E-state index in [0.29, 0.717) is 6.42 Å². The molecule has 2 aromatic carbocycles. The lowest BCUT2D eigenvalue weighted by Crippen LogP contribution is -1.96. The number of H-pyrrole nitrogens is 2. The molecule has 0 saturated carbocycles. The van der Waals surface area contributed by atoms with E-state index in [1.54, 1.807) is 36.4 Å². The van der Waals surface area contributed by atoms with Crippen LogP contribution in [0.4, 0.5) is 0 Å². The highest BCUT2D eigenvalue weighted by molar-refractivity contribution is 5.96. The zero-order valence-electron chi connectivity index (χ0n) is 13.0. The molecule has 0 unspecified atom stereocenters. The number of hydrogen-bond acceptors (Lipinski definition) is 2. The number of carboxylic acids is 2. The third-order valence-electron chi connectivity index (χ3n) is 4.41. The predicted octanol–water partition coefficient (Wildman–Crippen LogP) is 3.64. The fourth-order valence-corrected chi connectivity index (χ4v) is 3.12. The molecule has 2 heterocycles. The SMILES string of the molecule is O=C(O)c1ccc2[nH]cc(Cc3c[nH]c4ccc(C(=O)O)cc34)c2c1. The van der Waals surface area contributed by atoms with Gasteiger partial charge in [-0.15, -0.1) is 0 Å². The zero-order chi connectivity index (χ0) is 17.6. The lowest BCUT2D eigenvalue weighted by atomic mass is 10.0. The summed E-state index contributed by atoms with van der Waals surface area (Å²) >= 11 is 0. The summed E-state index contributed by atoms with van der Waals surface area (Å²) in [6.45, 7) is 0. The molecule has 0 fully saturated rings. The van der Waals surface area contributed by atoms with Gasteiger partial charge in [0.25, 0.3) is 0 Å². The van der Waals surface area contributed by atoms with Gasteiger partial charge in [-0.2, -0.15) is 0 Å². The molecule has 0 spiro atoms. The summed E-state index contributed by atoms with van der Waals surface area (Å²) in [7, 11) is 0. The number of benzene rings is 2. The monoisotopic (exact) mass is 334 g/mol. The second-order valence-corrected chi connectivity index (χ2v) is 5.94. The summed E-state index contributed by atoms with van der Waals surface area (Å²) in [5.41, 5.74) is 4.12. The Morgan fingerprint density at radius 1 is 0.760 bits per heavy atom. The molecule has 0 bridgehead atoms. The van der Waals surface area contributed by atoms with E-state index in [1.807, 2.05) is 12.4 Å². The number of hydrogen-bond donors (Lipinski definition) is 4. The number of carboxylic acid groups (broad SMARTS) is 2. The van der Waals surface area contributed by atoms with Crippen molar-refractivity contribution >= 4 is 33.7 Å². The molecule has 2 aromatic heterocycles. The summed E-state index contributed by atoms with van der Waals surface area (Å²) in [4.78, 5) is 28.7. The van der Waals surface area contributed by atoms with Crippen LogP contribution in [0.2, 0.25) is 0 Å². The van der Waals surface area contributed by atoms with Crippen LogP contribution < -0.4 is 0 Å². The van der Waals surface area contributed by atoms with E-state index in [9.17, 15) is 19.8 Å². The molecule has 6 nitrogen and oxygen atoms in total. The summed E-state index contributed by atoms with van der Waals surface area (Å²) in [6, 6.07) is 9.94. The Bertz CT molecular complexity index is 1050. The van der Waals surface area contributed by atoms with Gasteiger partial charge in [0.05, 0.1) is 11.1 Å². The number of aromatic amines is 2. The highest BCUT2D eigenvalue weighted by Crippen LogP contribution is 2.27. The highest BCUT2D eigenvalue weighted by Gasteiger charge is 2.12. The van der Waals surface area contributed by atoms with Crippen LogP contribution in [0.3, 0.4) is 0 Å². The minimum absolute atomic E-state index is 0.237. The molecular formula is C19H14N2O4. The van der Waals surface area contributed by atoms with Gasteiger partial charge in [0.2, 0.25) is 0 Å². The van der Waals surface area contributed by atoms with Crippen molar-refractivity contribution < 1.29 is 19.8 Å². The van der Waals surface area contributed by atoms with Crippen LogP contribution in [0.1, 0.15) is 31.8 Å². The minimum Gasteiger partial charge on any atom is -0.478 e. The Balaban J connectivity index is 1.80. The van der Waals surface area contributed by atoms with E-state index >= 15 is 0 Å². The first-order valence-electron chi connectivity index (χ1n) is 7.69. The topological polar surface area (TPSA) is 106 Å². The van der Waals surface area contributed by atoms with Crippen molar-refractivity contribution in [1.29, 1.82) is 0 Å². The normalized spacial score (nSPS) is 11.2. The molecule has 4 rings (SSSR count). The first-order valence-corrected chi connectivity index (χ1v) is 7.69. The Morgan fingerprint density at radius 3 is 1.60 bits per heavy atom. The van der Waals surface area contributed by atoms with Crippen molar-refractivity contribution in [2.45, 2.75) is 6.42 Å². The van der Waals surface area contributed by atoms with Crippen molar-refractivity contribution in [3.63, 3.8) is 0 Å². The third kappa shape index (κ3) is 2.53. The van der Waals surface area contributed by atoms with E-state index in [-0.39, 0.29) is 11.1 Å². The predicted molar refractivity (Wildman–Crippen MR) is 93.3 cm³/mol. The van der Waals surface area contributed by atoms with Gasteiger partial charge in [-0.3, -0.25) is 0 Å². The van der Waals surface area contributed by atoms with Crippen LogP contribution in [0.25, 0.3) is 21.8 Å². The van der Waals surface area contributed by atoms with Gasteiger partial charge in [-0.25, -0.2) is 9.59 Å². The van der Waals surface area contributed by atoms with Crippen molar-refractivity contribution in [2.24, 2.45) is 0 Å². The van der Waals surface area contributed by atoms with Crippen LogP contribution in [-0.4, -0.2) is 32.1 Å². The third-order valence-corrected chi connectivity index (χ3v) is 4.41. The smallest absolute Gasteiger partial charge is 0.335 e. The molecule has 124 valence electrons. The average molecular weight is 334 g/mol. The summed E-state index contributed by atoms with van der Waals surface area (Å²) < 4.78 is 0. The molecule has 0 aliphatic rings. The van der Waals surface area contributed by atoms with Crippen LogP contribution in [-0.2, 0) is 6.42 Å². The highest BCUT2D eigenvalue weighted by atomic mass is 16.4. The molecule has 0 radical (unpaired) electrons. The average Bonchev–Trinajstić information content (AvgIpc) is 3.19. The zero-order valence-corrected chi connectivity index (χ0v) is 13.0. The second kappa shape index (κ2) is 5.52. The Morgan fingerprint density at radius 2 is 1.20 bits per heavy atom. The largest absolute Gasteiger partial charge is 0.478 e. The molecule has 25 heavy (non-hydrogen) atoms. The maximum absolute atomic E-state index is 11.2. The van der Waals surface area contributed by atoms with Gasteiger partial charge in [-0.1, -0.05) is 0 Å². The Hall–Kier alpha value is -3.54. The number of fused-ring (bicyclic) bond motifs is 2. The minimum atomic E-state index is -0.966. The van der Waals surface area contributed by atoms with Crippen molar-refractivity contribution in [1.82, 2.24) is 9.97 Å². The molecule has 0 atom stereocenters. The maximum atomic E-state index is 11.2. The van der Waals surface area contributed by atoms with Crippen molar-refractivity contribution in [2.75, 3.05) is 0 Å². The second-order valence-electron chi connectivity index (χ2n) is 5.94. The van der Waals surface area contributed by atoms with Crippen LogP contribution in [0.5, 0.6) is 0 Å². The molecule has 0 amide bonds. The summed E-state index contributed by atoms with van der Waals surface area (Å²) in [5, 5.41) is 20.1. The number of aromatic nitrogens is 2. The Kier molecular flexibility index (Phi) is 3.32. The number of carbonyl (C=O) groups is 2. The molecule has 0 aliphatic carbocycles. The summed E-state index contributed by atoms with van der Waals surface area (Å²) in [6.07, 6.45) is 4.28. The van der Waals surface area contributed by atoms with Gasteiger partial charge in [0.15, 0.2) is 0 Å². The molecule has 6 heteroatoms. The molecule has 0 aliphatic heterocycles. The molecule has 0 saturated heterocycles.